The van der Waals surface area contributed by atoms with Gasteiger partial charge in [-0.3, -0.25) is 9.67 Å². The zero-order valence-corrected chi connectivity index (χ0v) is 23.6. The van der Waals surface area contributed by atoms with E-state index in [0.717, 1.165) is 53.6 Å². The van der Waals surface area contributed by atoms with Crippen LogP contribution in [0, 0.1) is 30.4 Å². The van der Waals surface area contributed by atoms with E-state index >= 15 is 8.78 Å². The Morgan fingerprint density at radius 1 is 1.05 bits per heavy atom. The van der Waals surface area contributed by atoms with Crippen LogP contribution in [0.15, 0.2) is 54.9 Å². The molecule has 1 N–H and O–H groups in total. The van der Waals surface area contributed by atoms with Gasteiger partial charge in [-0.2, -0.15) is 5.10 Å². The highest BCUT2D eigenvalue weighted by molar-refractivity contribution is 6.07. The van der Waals surface area contributed by atoms with Crippen LogP contribution in [-0.2, 0) is 17.4 Å². The molecular formula is C33H34F2N4O2. The molecule has 0 amide bonds. The highest BCUT2D eigenvalue weighted by Crippen LogP contribution is 2.49. The fourth-order valence-electron chi connectivity index (χ4n) is 7.00. The predicted molar refractivity (Wildman–Crippen MR) is 155 cm³/mol. The minimum absolute atomic E-state index is 0.156. The fourth-order valence-corrected chi connectivity index (χ4v) is 7.00. The van der Waals surface area contributed by atoms with Crippen LogP contribution >= 0.6 is 0 Å². The highest BCUT2D eigenvalue weighted by atomic mass is 19.1. The first-order valence-electron chi connectivity index (χ1n) is 14.4. The molecule has 5 aromatic rings. The molecule has 0 bridgehead atoms. The lowest BCUT2D eigenvalue weighted by atomic mass is 9.86. The van der Waals surface area contributed by atoms with Crippen LogP contribution in [0.2, 0.25) is 0 Å². The largest absolute Gasteiger partial charge is 0.385 e. The third-order valence-electron chi connectivity index (χ3n) is 9.22. The third kappa shape index (κ3) is 4.18. The molecule has 41 heavy (non-hydrogen) atoms. The fraction of sp³-hybridized carbons (Fsp3) is 0.394. The van der Waals surface area contributed by atoms with Gasteiger partial charge in [0.2, 0.25) is 0 Å². The van der Waals surface area contributed by atoms with E-state index in [1.165, 1.54) is 6.07 Å². The Morgan fingerprint density at radius 3 is 2.44 bits per heavy atom. The van der Waals surface area contributed by atoms with Gasteiger partial charge in [-0.05, 0) is 74.6 Å². The van der Waals surface area contributed by atoms with Crippen LogP contribution in [0.25, 0.3) is 33.2 Å². The van der Waals surface area contributed by atoms with Crippen molar-refractivity contribution >= 4 is 21.9 Å². The van der Waals surface area contributed by atoms with Gasteiger partial charge in [0.25, 0.3) is 0 Å². The number of benzene rings is 2. The van der Waals surface area contributed by atoms with Gasteiger partial charge < -0.3 is 14.4 Å². The standard InChI is InChI=1S/C33H34F2N4O2/c1-19-17-37-38(3)30(19)22-15-26-29(36-18-22)24-16-25(34)27(33(2,40)23-9-10-23)28(35)32(24)39(26)31(20-7-5-4-6-8-20)21-11-13-41-14-12-21/h4-8,15-18,21,23,31,40H,9-14H2,1-3H3/t31-,33?/m1/s1. The highest BCUT2D eigenvalue weighted by Gasteiger charge is 2.45. The van der Waals surface area contributed by atoms with Crippen LogP contribution in [0.4, 0.5) is 8.78 Å². The summed E-state index contributed by atoms with van der Waals surface area (Å²) in [5.74, 6) is -1.45. The van der Waals surface area contributed by atoms with E-state index in [9.17, 15) is 5.11 Å². The average Bonchev–Trinajstić information content (AvgIpc) is 3.72. The minimum Gasteiger partial charge on any atom is -0.385 e. The van der Waals surface area contributed by atoms with Crippen LogP contribution in [0.3, 0.4) is 0 Å². The zero-order chi connectivity index (χ0) is 28.5. The maximum atomic E-state index is 17.0. The first-order chi connectivity index (χ1) is 19.8. The van der Waals surface area contributed by atoms with Crippen LogP contribution < -0.4 is 0 Å². The Bertz CT molecular complexity index is 1750. The SMILES string of the molecule is Cc1cnn(C)c1-c1cnc2c3cc(F)c(C(C)(O)C4CC4)c(F)c3n([C@H](c3ccccc3)C3CCOCC3)c2c1. The Morgan fingerprint density at radius 2 is 1.78 bits per heavy atom. The molecule has 8 heteroatoms. The van der Waals surface area contributed by atoms with Crippen LogP contribution in [0.5, 0.6) is 0 Å². The summed E-state index contributed by atoms with van der Waals surface area (Å²) in [5, 5.41) is 16.2. The maximum Gasteiger partial charge on any atom is 0.156 e. The van der Waals surface area contributed by atoms with E-state index in [2.05, 4.69) is 17.2 Å². The molecule has 2 aromatic carbocycles. The van der Waals surface area contributed by atoms with Gasteiger partial charge in [0.15, 0.2) is 5.82 Å². The first kappa shape index (κ1) is 26.3. The van der Waals surface area contributed by atoms with Crippen LogP contribution in [0.1, 0.15) is 55.3 Å². The molecule has 6 nitrogen and oxygen atoms in total. The number of aromatic nitrogens is 4. The molecule has 2 fully saturated rings. The van der Waals surface area contributed by atoms with E-state index in [1.54, 1.807) is 13.1 Å². The molecule has 3 aromatic heterocycles. The lowest BCUT2D eigenvalue weighted by Crippen LogP contribution is -2.29. The molecule has 2 atom stereocenters. The second kappa shape index (κ2) is 9.74. The van der Waals surface area contributed by atoms with E-state index < -0.39 is 17.2 Å². The van der Waals surface area contributed by atoms with Crippen molar-refractivity contribution in [2.24, 2.45) is 18.9 Å². The topological polar surface area (TPSA) is 65.1 Å². The maximum absolute atomic E-state index is 17.0. The van der Waals surface area contributed by atoms with Gasteiger partial charge in [0, 0.05) is 37.4 Å². The molecule has 0 spiro atoms. The molecule has 212 valence electrons. The van der Waals surface area contributed by atoms with E-state index in [0.29, 0.717) is 24.1 Å². The van der Waals surface area contributed by atoms with Gasteiger partial charge in [-0.1, -0.05) is 30.3 Å². The smallest absolute Gasteiger partial charge is 0.156 e. The summed E-state index contributed by atoms with van der Waals surface area (Å²) in [6.45, 7) is 4.79. The Kier molecular flexibility index (Phi) is 6.24. The summed E-state index contributed by atoms with van der Waals surface area (Å²) in [6, 6.07) is 13.3. The summed E-state index contributed by atoms with van der Waals surface area (Å²) >= 11 is 0. The van der Waals surface area contributed by atoms with Gasteiger partial charge in [-0.25, -0.2) is 8.78 Å². The number of hydrogen-bond donors (Lipinski definition) is 1. The average molecular weight is 557 g/mol. The summed E-state index contributed by atoms with van der Waals surface area (Å²) in [5.41, 5.74) is 3.50. The van der Waals surface area contributed by atoms with E-state index in [1.807, 2.05) is 53.7 Å². The summed E-state index contributed by atoms with van der Waals surface area (Å²) < 4.78 is 42.4. The number of fused-ring (bicyclic) bond motifs is 3. The van der Waals surface area contributed by atoms with E-state index in [-0.39, 0.29) is 29.0 Å². The van der Waals surface area contributed by atoms with Crippen molar-refractivity contribution in [3.63, 3.8) is 0 Å². The lowest BCUT2D eigenvalue weighted by Gasteiger charge is -2.33. The molecule has 1 saturated carbocycles. The van der Waals surface area contributed by atoms with Crippen molar-refractivity contribution in [1.82, 2.24) is 19.3 Å². The molecule has 1 unspecified atom stereocenters. The number of rotatable bonds is 6. The second-order valence-corrected chi connectivity index (χ2v) is 11.9. The number of hydrogen-bond acceptors (Lipinski definition) is 4. The molecule has 1 saturated heterocycles. The Balaban J connectivity index is 1.59. The van der Waals surface area contributed by atoms with Crippen molar-refractivity contribution in [1.29, 1.82) is 0 Å². The van der Waals surface area contributed by atoms with Gasteiger partial charge in [0.1, 0.15) is 5.82 Å². The molecule has 1 aliphatic heterocycles. The lowest BCUT2D eigenvalue weighted by molar-refractivity contribution is 0.0259. The molecular weight excluding hydrogens is 522 g/mol. The van der Waals surface area contributed by atoms with Crippen LogP contribution in [-0.4, -0.2) is 37.7 Å². The molecule has 2 aliphatic rings. The quantitative estimate of drug-likeness (QED) is 0.250. The Labute approximate surface area is 237 Å². The molecule has 0 radical (unpaired) electrons. The number of pyridine rings is 1. The number of ether oxygens (including phenoxy) is 1. The van der Waals surface area contributed by atoms with Gasteiger partial charge in [0.05, 0.1) is 45.6 Å². The zero-order valence-electron chi connectivity index (χ0n) is 23.6. The monoisotopic (exact) mass is 556 g/mol. The van der Waals surface area contributed by atoms with Crippen molar-refractivity contribution < 1.29 is 18.6 Å². The third-order valence-corrected chi connectivity index (χ3v) is 9.22. The van der Waals surface area contributed by atoms with Crippen molar-refractivity contribution in [2.45, 2.75) is 51.2 Å². The second-order valence-electron chi connectivity index (χ2n) is 11.9. The van der Waals surface area contributed by atoms with Crippen molar-refractivity contribution in [3.8, 4) is 11.3 Å². The summed E-state index contributed by atoms with van der Waals surface area (Å²) in [6.07, 6.45) is 6.68. The molecule has 4 heterocycles. The normalized spacial score (nSPS) is 18.7. The number of nitrogens with zero attached hydrogens (tertiary/aromatic N) is 4. The van der Waals surface area contributed by atoms with Gasteiger partial charge >= 0.3 is 0 Å². The minimum atomic E-state index is -1.60. The van der Waals surface area contributed by atoms with Crippen molar-refractivity contribution in [2.75, 3.05) is 13.2 Å². The van der Waals surface area contributed by atoms with E-state index in [4.69, 9.17) is 9.72 Å². The summed E-state index contributed by atoms with van der Waals surface area (Å²) in [7, 11) is 1.89. The molecule has 1 aliphatic carbocycles. The number of halogens is 2. The Hall–Kier alpha value is -3.62. The summed E-state index contributed by atoms with van der Waals surface area (Å²) in [4.78, 5) is 4.83. The number of aliphatic hydroxyl groups is 1. The van der Waals surface area contributed by atoms with Gasteiger partial charge in [-0.15, -0.1) is 0 Å². The van der Waals surface area contributed by atoms with Crippen molar-refractivity contribution in [3.05, 3.63) is 83.2 Å². The molecule has 7 rings (SSSR count). The first-order valence-corrected chi connectivity index (χ1v) is 14.4. The predicted octanol–water partition coefficient (Wildman–Crippen LogP) is 6.81. The number of aryl methyl sites for hydroxylation is 2.